The molecule has 1 unspecified atom stereocenters. The van der Waals surface area contributed by atoms with Crippen molar-refractivity contribution < 1.29 is 9.90 Å². The van der Waals surface area contributed by atoms with Crippen molar-refractivity contribution in [2.24, 2.45) is 5.92 Å². The van der Waals surface area contributed by atoms with Crippen LogP contribution in [0.1, 0.15) is 25.7 Å². The molecular weight excluding hydrogens is 188 g/mol. The quantitative estimate of drug-likeness (QED) is 0.650. The average Bonchev–Trinajstić information content (AvgIpc) is 2.12. The zero-order valence-electron chi connectivity index (χ0n) is 7.22. The van der Waals surface area contributed by atoms with Crippen LogP contribution in [0.2, 0.25) is 0 Å². The lowest BCUT2D eigenvalue weighted by molar-refractivity contribution is -0.115. The van der Waals surface area contributed by atoms with Crippen LogP contribution >= 0.6 is 11.6 Å². The Morgan fingerprint density at radius 3 is 2.85 bits per heavy atom. The van der Waals surface area contributed by atoms with E-state index < -0.39 is 0 Å². The van der Waals surface area contributed by atoms with Crippen LogP contribution in [0.5, 0.6) is 0 Å². The van der Waals surface area contributed by atoms with Gasteiger partial charge < -0.3 is 5.11 Å². The van der Waals surface area contributed by atoms with Gasteiger partial charge in [-0.2, -0.15) is 0 Å². The van der Waals surface area contributed by atoms with Crippen molar-refractivity contribution in [3.63, 3.8) is 0 Å². The maximum Gasteiger partial charge on any atom is 0.174 e. The number of hydrogen-bond acceptors (Lipinski definition) is 2. The summed E-state index contributed by atoms with van der Waals surface area (Å²) in [6.07, 6.45) is 4.73. The third-order valence-electron chi connectivity index (χ3n) is 2.73. The maximum atomic E-state index is 11.3. The molecule has 13 heavy (non-hydrogen) atoms. The zero-order chi connectivity index (χ0) is 9.42. The predicted octanol–water partition coefficient (Wildman–Crippen LogP) is 2.69. The SMILES string of the molecule is O=C1CCC2CCC(O)=CC2=C1Cl. The van der Waals surface area contributed by atoms with Gasteiger partial charge in [-0.15, -0.1) is 0 Å². The Labute approximate surface area is 81.9 Å². The summed E-state index contributed by atoms with van der Waals surface area (Å²) in [5, 5.41) is 9.64. The molecule has 0 aromatic heterocycles. The van der Waals surface area contributed by atoms with Crippen LogP contribution in [0.4, 0.5) is 0 Å². The van der Waals surface area contributed by atoms with Crippen LogP contribution in [0.3, 0.4) is 0 Å². The Balaban J connectivity index is 2.43. The van der Waals surface area contributed by atoms with E-state index in [9.17, 15) is 9.90 Å². The summed E-state index contributed by atoms with van der Waals surface area (Å²) in [6, 6.07) is 0. The number of aliphatic hydroxyl groups excluding tert-OH is 1. The molecule has 2 rings (SSSR count). The molecule has 1 N–H and O–H groups in total. The lowest BCUT2D eigenvalue weighted by Gasteiger charge is -2.26. The highest BCUT2D eigenvalue weighted by atomic mass is 35.5. The molecule has 70 valence electrons. The fraction of sp³-hybridized carbons (Fsp3) is 0.500. The third kappa shape index (κ3) is 1.51. The largest absolute Gasteiger partial charge is 0.512 e. The second-order valence-electron chi connectivity index (χ2n) is 3.60. The van der Waals surface area contributed by atoms with E-state index in [1.54, 1.807) is 6.08 Å². The molecule has 2 nitrogen and oxygen atoms in total. The van der Waals surface area contributed by atoms with Crippen LogP contribution in [-0.4, -0.2) is 10.9 Å². The van der Waals surface area contributed by atoms with Crippen molar-refractivity contribution in [3.8, 4) is 0 Å². The standard InChI is InChI=1S/C10H11ClO2/c11-10-8-5-7(12)3-1-6(8)2-4-9(10)13/h5-6,12H,1-4H2. The van der Waals surface area contributed by atoms with Gasteiger partial charge in [-0.3, -0.25) is 4.79 Å². The molecule has 0 aromatic rings. The number of hydrogen-bond donors (Lipinski definition) is 1. The molecule has 0 saturated carbocycles. The third-order valence-corrected chi connectivity index (χ3v) is 3.16. The second kappa shape index (κ2) is 3.18. The molecule has 2 aliphatic rings. The Kier molecular flexibility index (Phi) is 2.16. The minimum absolute atomic E-state index is 0.0128. The molecule has 0 amide bonds. The first kappa shape index (κ1) is 8.82. The molecule has 0 aromatic carbocycles. The normalized spacial score (nSPS) is 28.5. The maximum absolute atomic E-state index is 11.3. The van der Waals surface area contributed by atoms with E-state index in [0.717, 1.165) is 18.4 Å². The Morgan fingerprint density at radius 2 is 2.08 bits per heavy atom. The molecule has 2 aliphatic carbocycles. The number of halogens is 1. The van der Waals surface area contributed by atoms with E-state index in [2.05, 4.69) is 0 Å². The smallest absolute Gasteiger partial charge is 0.174 e. The van der Waals surface area contributed by atoms with Gasteiger partial charge >= 0.3 is 0 Å². The average molecular weight is 199 g/mol. The van der Waals surface area contributed by atoms with Gasteiger partial charge in [0, 0.05) is 12.8 Å². The molecule has 0 radical (unpaired) electrons. The van der Waals surface area contributed by atoms with Gasteiger partial charge in [-0.25, -0.2) is 0 Å². The van der Waals surface area contributed by atoms with E-state index in [0.29, 0.717) is 29.6 Å². The summed E-state index contributed by atoms with van der Waals surface area (Å²) in [6.45, 7) is 0. The van der Waals surface area contributed by atoms with Crippen LogP contribution in [0, 0.1) is 5.92 Å². The predicted molar refractivity (Wildman–Crippen MR) is 50.6 cm³/mol. The summed E-state index contributed by atoms with van der Waals surface area (Å²) in [4.78, 5) is 11.3. The topological polar surface area (TPSA) is 37.3 Å². The summed E-state index contributed by atoms with van der Waals surface area (Å²) in [5.74, 6) is 0.749. The lowest BCUT2D eigenvalue weighted by atomic mass is 9.80. The van der Waals surface area contributed by atoms with Crippen molar-refractivity contribution in [2.45, 2.75) is 25.7 Å². The highest BCUT2D eigenvalue weighted by molar-refractivity contribution is 6.43. The zero-order valence-corrected chi connectivity index (χ0v) is 7.97. The van der Waals surface area contributed by atoms with Gasteiger partial charge in [0.05, 0.1) is 10.8 Å². The van der Waals surface area contributed by atoms with E-state index in [-0.39, 0.29) is 5.78 Å². The minimum Gasteiger partial charge on any atom is -0.512 e. The molecular formula is C10H11ClO2. The summed E-state index contributed by atoms with van der Waals surface area (Å²) < 4.78 is 0. The minimum atomic E-state index is 0.0128. The first-order valence-electron chi connectivity index (χ1n) is 4.51. The van der Waals surface area contributed by atoms with Crippen LogP contribution < -0.4 is 0 Å². The molecule has 0 bridgehead atoms. The molecule has 0 aliphatic heterocycles. The van der Waals surface area contributed by atoms with Crippen molar-refractivity contribution in [2.75, 3.05) is 0 Å². The van der Waals surface area contributed by atoms with E-state index in [1.165, 1.54) is 0 Å². The van der Waals surface area contributed by atoms with Crippen molar-refractivity contribution >= 4 is 17.4 Å². The van der Waals surface area contributed by atoms with Crippen LogP contribution in [0.25, 0.3) is 0 Å². The summed E-state index contributed by atoms with van der Waals surface area (Å²) >= 11 is 5.88. The van der Waals surface area contributed by atoms with Gasteiger partial charge in [-0.1, -0.05) is 11.6 Å². The number of Topliss-reactive ketones (excluding diaryl/α,β-unsaturated/α-hetero) is 1. The first-order valence-corrected chi connectivity index (χ1v) is 4.88. The number of rotatable bonds is 0. The number of carbonyl (C=O) groups excluding carboxylic acids is 1. The van der Waals surface area contributed by atoms with Crippen LogP contribution in [-0.2, 0) is 4.79 Å². The van der Waals surface area contributed by atoms with Crippen molar-refractivity contribution in [1.82, 2.24) is 0 Å². The molecule has 0 heterocycles. The molecule has 0 saturated heterocycles. The Morgan fingerprint density at radius 1 is 1.38 bits per heavy atom. The summed E-state index contributed by atoms with van der Waals surface area (Å²) in [5.41, 5.74) is 0.849. The summed E-state index contributed by atoms with van der Waals surface area (Å²) in [7, 11) is 0. The fourth-order valence-electron chi connectivity index (χ4n) is 1.97. The molecule has 0 spiro atoms. The van der Waals surface area contributed by atoms with Gasteiger partial charge in [-0.05, 0) is 30.4 Å². The first-order chi connectivity index (χ1) is 6.18. The van der Waals surface area contributed by atoms with Crippen LogP contribution in [0.15, 0.2) is 22.4 Å². The Bertz CT molecular complexity index is 315. The van der Waals surface area contributed by atoms with Gasteiger partial charge in [0.1, 0.15) is 0 Å². The van der Waals surface area contributed by atoms with Crippen molar-refractivity contribution in [1.29, 1.82) is 0 Å². The highest BCUT2D eigenvalue weighted by Gasteiger charge is 2.28. The van der Waals surface area contributed by atoms with Gasteiger partial charge in [0.15, 0.2) is 5.78 Å². The van der Waals surface area contributed by atoms with Crippen molar-refractivity contribution in [3.05, 3.63) is 22.4 Å². The van der Waals surface area contributed by atoms with E-state index in [4.69, 9.17) is 11.6 Å². The lowest BCUT2D eigenvalue weighted by Crippen LogP contribution is -2.19. The molecule has 0 fully saturated rings. The number of allylic oxidation sites excluding steroid dienone is 4. The van der Waals surface area contributed by atoms with E-state index >= 15 is 0 Å². The Hall–Kier alpha value is -0.760. The second-order valence-corrected chi connectivity index (χ2v) is 3.98. The van der Waals surface area contributed by atoms with E-state index in [1.807, 2.05) is 0 Å². The number of carbonyl (C=O) groups is 1. The monoisotopic (exact) mass is 198 g/mol. The number of aliphatic hydroxyl groups is 1. The number of fused-ring (bicyclic) bond motifs is 1. The highest BCUT2D eigenvalue weighted by Crippen LogP contribution is 2.38. The molecule has 3 heteroatoms. The van der Waals surface area contributed by atoms with Gasteiger partial charge in [0.2, 0.25) is 0 Å². The molecule has 1 atom stereocenters. The van der Waals surface area contributed by atoms with Gasteiger partial charge in [0.25, 0.3) is 0 Å². The fourth-order valence-corrected chi connectivity index (χ4v) is 2.27. The number of ketones is 1.